The number of hydrogen-bond donors (Lipinski definition) is 1. The van der Waals surface area contributed by atoms with Gasteiger partial charge >= 0.3 is 0 Å². The predicted molar refractivity (Wildman–Crippen MR) is 86.6 cm³/mol. The molecule has 1 aromatic rings. The lowest BCUT2D eigenvalue weighted by atomic mass is 9.77. The standard InChI is InChI=1S/C17H23NO3S/c1-12(19)11-17(22-13-7-5-4-6-8-13)14-9-10-21-16(2,3)18(14)15(17)20/h4-8,12,14,19H,9-11H2,1-3H3. The summed E-state index contributed by atoms with van der Waals surface area (Å²) in [7, 11) is 0. The molecule has 0 spiro atoms. The molecule has 4 nitrogen and oxygen atoms in total. The minimum absolute atomic E-state index is 0.0805. The quantitative estimate of drug-likeness (QED) is 0.866. The number of thioether (sulfide) groups is 1. The smallest absolute Gasteiger partial charge is 0.243 e. The first kappa shape index (κ1) is 15.8. The zero-order valence-electron chi connectivity index (χ0n) is 13.3. The molecule has 1 amide bonds. The molecule has 2 aliphatic heterocycles. The van der Waals surface area contributed by atoms with Crippen molar-refractivity contribution in [3.8, 4) is 0 Å². The molecule has 22 heavy (non-hydrogen) atoms. The summed E-state index contributed by atoms with van der Waals surface area (Å²) in [5, 5.41) is 9.95. The molecular formula is C17H23NO3S. The average Bonchev–Trinajstić information content (AvgIpc) is 2.45. The van der Waals surface area contributed by atoms with Crippen LogP contribution in [-0.2, 0) is 9.53 Å². The van der Waals surface area contributed by atoms with E-state index in [0.717, 1.165) is 11.3 Å². The average molecular weight is 321 g/mol. The van der Waals surface area contributed by atoms with E-state index in [9.17, 15) is 9.90 Å². The molecule has 3 rings (SSSR count). The van der Waals surface area contributed by atoms with Crippen molar-refractivity contribution < 1.29 is 14.6 Å². The molecule has 5 heteroatoms. The second kappa shape index (κ2) is 5.55. The summed E-state index contributed by atoms with van der Waals surface area (Å²) in [6.45, 7) is 6.29. The van der Waals surface area contributed by atoms with Crippen LogP contribution in [0.1, 0.15) is 33.6 Å². The second-order valence-corrected chi connectivity index (χ2v) is 8.04. The lowest BCUT2D eigenvalue weighted by Crippen LogP contribution is -2.79. The van der Waals surface area contributed by atoms with Crippen molar-refractivity contribution in [2.45, 2.75) is 61.1 Å². The van der Waals surface area contributed by atoms with E-state index >= 15 is 0 Å². The molecule has 2 aliphatic rings. The van der Waals surface area contributed by atoms with Gasteiger partial charge in [-0.05, 0) is 45.7 Å². The second-order valence-electron chi connectivity index (χ2n) is 6.63. The molecule has 0 aromatic heterocycles. The van der Waals surface area contributed by atoms with Gasteiger partial charge in [-0.2, -0.15) is 0 Å². The van der Waals surface area contributed by atoms with Crippen LogP contribution in [0.15, 0.2) is 35.2 Å². The Bertz CT molecular complexity index is 560. The van der Waals surface area contributed by atoms with Crippen molar-refractivity contribution >= 4 is 17.7 Å². The Morgan fingerprint density at radius 3 is 2.73 bits per heavy atom. The number of fused-ring (bicyclic) bond motifs is 1. The SMILES string of the molecule is CC(O)CC1(Sc2ccccc2)C(=O)N2C1CCOC2(C)C. The summed E-state index contributed by atoms with van der Waals surface area (Å²) in [4.78, 5) is 15.9. The number of carbonyl (C=O) groups excluding carboxylic acids is 1. The minimum atomic E-state index is -0.573. The molecule has 2 fully saturated rings. The van der Waals surface area contributed by atoms with E-state index in [4.69, 9.17) is 4.74 Å². The monoisotopic (exact) mass is 321 g/mol. The van der Waals surface area contributed by atoms with E-state index in [2.05, 4.69) is 0 Å². The molecule has 120 valence electrons. The van der Waals surface area contributed by atoms with E-state index in [1.807, 2.05) is 49.1 Å². The van der Waals surface area contributed by atoms with Gasteiger partial charge in [0, 0.05) is 4.90 Å². The van der Waals surface area contributed by atoms with Gasteiger partial charge in [-0.3, -0.25) is 4.79 Å². The Kier molecular flexibility index (Phi) is 4.00. The van der Waals surface area contributed by atoms with Crippen LogP contribution < -0.4 is 0 Å². The lowest BCUT2D eigenvalue weighted by molar-refractivity contribution is -0.229. The topological polar surface area (TPSA) is 49.8 Å². The molecule has 1 N–H and O–H groups in total. The van der Waals surface area contributed by atoms with Crippen molar-refractivity contribution in [2.24, 2.45) is 0 Å². The molecule has 0 saturated carbocycles. The normalized spacial score (nSPS) is 31.4. The largest absolute Gasteiger partial charge is 0.393 e. The fourth-order valence-corrected chi connectivity index (χ4v) is 5.20. The van der Waals surface area contributed by atoms with Crippen molar-refractivity contribution in [1.29, 1.82) is 0 Å². The summed E-state index contributed by atoms with van der Waals surface area (Å²) in [5.41, 5.74) is -0.556. The number of β-lactam (4-membered cyclic amide) rings is 1. The number of rotatable bonds is 4. The number of nitrogens with zero attached hydrogens (tertiary/aromatic N) is 1. The molecule has 3 unspecified atom stereocenters. The summed E-state index contributed by atoms with van der Waals surface area (Å²) in [5.74, 6) is 0.0805. The number of benzene rings is 1. The molecule has 2 saturated heterocycles. The highest BCUT2D eigenvalue weighted by Crippen LogP contribution is 2.54. The molecule has 0 radical (unpaired) electrons. The highest BCUT2D eigenvalue weighted by Gasteiger charge is 2.66. The highest BCUT2D eigenvalue weighted by atomic mass is 32.2. The summed E-state index contributed by atoms with van der Waals surface area (Å²) < 4.78 is 5.18. The molecule has 3 atom stereocenters. The van der Waals surface area contributed by atoms with E-state index in [1.165, 1.54) is 0 Å². The summed E-state index contributed by atoms with van der Waals surface area (Å²) >= 11 is 1.59. The third-order valence-corrected chi connectivity index (χ3v) is 5.98. The van der Waals surface area contributed by atoms with Gasteiger partial charge in [0.15, 0.2) is 0 Å². The Balaban J connectivity index is 1.92. The molecule has 1 aromatic carbocycles. The molecule has 0 bridgehead atoms. The van der Waals surface area contributed by atoms with Crippen LogP contribution in [0.2, 0.25) is 0 Å². The maximum absolute atomic E-state index is 13.0. The molecular weight excluding hydrogens is 298 g/mol. The number of ether oxygens (including phenoxy) is 1. The summed E-state index contributed by atoms with van der Waals surface area (Å²) in [6, 6.07) is 10.1. The van der Waals surface area contributed by atoms with Crippen LogP contribution in [0.25, 0.3) is 0 Å². The Labute approximate surface area is 135 Å². The number of amides is 1. The van der Waals surface area contributed by atoms with Gasteiger partial charge in [-0.1, -0.05) is 18.2 Å². The highest BCUT2D eigenvalue weighted by molar-refractivity contribution is 8.01. The predicted octanol–water partition coefficient (Wildman–Crippen LogP) is 2.66. The Morgan fingerprint density at radius 1 is 1.41 bits per heavy atom. The van der Waals surface area contributed by atoms with E-state index in [0.29, 0.717) is 13.0 Å². The zero-order valence-corrected chi connectivity index (χ0v) is 14.1. The maximum Gasteiger partial charge on any atom is 0.243 e. The number of aliphatic hydroxyl groups excluding tert-OH is 1. The van der Waals surface area contributed by atoms with Gasteiger partial charge in [0.05, 0.1) is 18.8 Å². The van der Waals surface area contributed by atoms with Gasteiger partial charge in [-0.15, -0.1) is 11.8 Å². The van der Waals surface area contributed by atoms with Crippen molar-refractivity contribution in [1.82, 2.24) is 4.90 Å². The zero-order chi connectivity index (χ0) is 16.0. The molecule has 0 aliphatic carbocycles. The van der Waals surface area contributed by atoms with Gasteiger partial charge in [0.1, 0.15) is 10.5 Å². The minimum Gasteiger partial charge on any atom is -0.393 e. The van der Waals surface area contributed by atoms with Crippen LogP contribution in [0.5, 0.6) is 0 Å². The van der Waals surface area contributed by atoms with Crippen LogP contribution in [0.4, 0.5) is 0 Å². The number of aliphatic hydroxyl groups is 1. The maximum atomic E-state index is 13.0. The fraction of sp³-hybridized carbons (Fsp3) is 0.588. The van der Waals surface area contributed by atoms with Crippen molar-refractivity contribution in [2.75, 3.05) is 6.61 Å². The fourth-order valence-electron chi connectivity index (χ4n) is 3.62. The number of carbonyl (C=O) groups is 1. The first-order valence-electron chi connectivity index (χ1n) is 7.77. The van der Waals surface area contributed by atoms with Gasteiger partial charge < -0.3 is 14.7 Å². The van der Waals surface area contributed by atoms with Gasteiger partial charge in [-0.25, -0.2) is 0 Å². The Morgan fingerprint density at radius 2 is 2.09 bits per heavy atom. The van der Waals surface area contributed by atoms with E-state index < -0.39 is 16.6 Å². The third-order valence-electron chi connectivity index (χ3n) is 4.50. The first-order chi connectivity index (χ1) is 10.4. The van der Waals surface area contributed by atoms with Crippen molar-refractivity contribution in [3.63, 3.8) is 0 Å². The molecule has 2 heterocycles. The third kappa shape index (κ3) is 2.45. The Hall–Kier alpha value is -1.04. The van der Waals surface area contributed by atoms with Crippen LogP contribution >= 0.6 is 11.8 Å². The first-order valence-corrected chi connectivity index (χ1v) is 8.58. The van der Waals surface area contributed by atoms with Gasteiger partial charge in [0.2, 0.25) is 5.91 Å². The lowest BCUT2D eigenvalue weighted by Gasteiger charge is -2.63. The van der Waals surface area contributed by atoms with Crippen LogP contribution in [0, 0.1) is 0 Å². The van der Waals surface area contributed by atoms with E-state index in [1.54, 1.807) is 18.7 Å². The summed E-state index contributed by atoms with van der Waals surface area (Å²) in [6.07, 6.45) is 0.790. The van der Waals surface area contributed by atoms with Crippen molar-refractivity contribution in [3.05, 3.63) is 30.3 Å². The van der Waals surface area contributed by atoms with Gasteiger partial charge in [0.25, 0.3) is 0 Å². The number of hydrogen-bond acceptors (Lipinski definition) is 4. The van der Waals surface area contributed by atoms with E-state index in [-0.39, 0.29) is 11.9 Å². The van der Waals surface area contributed by atoms with Crippen LogP contribution in [-0.4, -0.2) is 45.1 Å². The van der Waals surface area contributed by atoms with Crippen LogP contribution in [0.3, 0.4) is 0 Å².